The molecule has 6 nitrogen and oxygen atoms in total. The number of hydrogen-bond donors (Lipinski definition) is 1. The molecule has 3 rings (SSSR count). The van der Waals surface area contributed by atoms with Gasteiger partial charge < -0.3 is 10.0 Å². The van der Waals surface area contributed by atoms with Crippen molar-refractivity contribution in [2.24, 2.45) is 5.92 Å². The third-order valence-electron chi connectivity index (χ3n) is 4.73. The van der Waals surface area contributed by atoms with E-state index in [1.165, 1.54) is 31.4 Å². The Kier molecular flexibility index (Phi) is 3.53. The average molecular weight is 290 g/mol. The van der Waals surface area contributed by atoms with Crippen LogP contribution in [0.2, 0.25) is 0 Å². The van der Waals surface area contributed by atoms with Crippen LogP contribution in [0, 0.1) is 16.0 Å². The lowest BCUT2D eigenvalue weighted by Gasteiger charge is -2.39. The molecule has 1 saturated heterocycles. The molecule has 2 atom stereocenters. The van der Waals surface area contributed by atoms with Crippen LogP contribution < -0.4 is 4.90 Å². The van der Waals surface area contributed by atoms with Crippen LogP contribution in [0.15, 0.2) is 18.2 Å². The van der Waals surface area contributed by atoms with Gasteiger partial charge in [0.05, 0.1) is 4.92 Å². The first kappa shape index (κ1) is 13.9. The van der Waals surface area contributed by atoms with Crippen molar-refractivity contribution in [3.8, 4) is 0 Å². The van der Waals surface area contributed by atoms with Crippen molar-refractivity contribution in [2.45, 2.75) is 38.1 Å². The lowest BCUT2D eigenvalue weighted by atomic mass is 9.91. The minimum absolute atomic E-state index is 0.247. The van der Waals surface area contributed by atoms with Gasteiger partial charge in [-0.1, -0.05) is 6.42 Å². The maximum absolute atomic E-state index is 11.1. The second-order valence-corrected chi connectivity index (χ2v) is 5.86. The van der Waals surface area contributed by atoms with Gasteiger partial charge in [-0.2, -0.15) is 0 Å². The zero-order valence-electron chi connectivity index (χ0n) is 11.7. The molecule has 2 unspecified atom stereocenters. The molecule has 6 heteroatoms. The number of hydrogen-bond acceptors (Lipinski definition) is 4. The van der Waals surface area contributed by atoms with E-state index in [0.717, 1.165) is 25.1 Å². The number of benzene rings is 1. The maximum atomic E-state index is 11.1. The molecule has 21 heavy (non-hydrogen) atoms. The fourth-order valence-corrected chi connectivity index (χ4v) is 3.81. The van der Waals surface area contributed by atoms with Crippen molar-refractivity contribution < 1.29 is 14.8 Å². The summed E-state index contributed by atoms with van der Waals surface area (Å²) in [6, 6.07) is 4.93. The Balaban J connectivity index is 1.96. The van der Waals surface area contributed by atoms with Crippen molar-refractivity contribution in [3.05, 3.63) is 33.9 Å². The van der Waals surface area contributed by atoms with Crippen molar-refractivity contribution in [3.63, 3.8) is 0 Å². The number of fused-ring (bicyclic) bond motifs is 1. The minimum atomic E-state index is -1.26. The predicted molar refractivity (Wildman–Crippen MR) is 77.8 cm³/mol. The fourth-order valence-electron chi connectivity index (χ4n) is 3.81. The molecular weight excluding hydrogens is 272 g/mol. The molecule has 0 aromatic heterocycles. The normalized spacial score (nSPS) is 24.7. The van der Waals surface area contributed by atoms with Crippen LogP contribution in [-0.2, 0) is 0 Å². The molecule has 1 heterocycles. The van der Waals surface area contributed by atoms with Gasteiger partial charge in [-0.05, 0) is 43.7 Å². The number of aromatic carboxylic acids is 1. The first-order chi connectivity index (χ1) is 10.1. The van der Waals surface area contributed by atoms with E-state index in [2.05, 4.69) is 4.90 Å². The monoisotopic (exact) mass is 290 g/mol. The Bertz CT molecular complexity index is 587. The molecule has 1 N–H and O–H groups in total. The van der Waals surface area contributed by atoms with Crippen LogP contribution in [0.5, 0.6) is 0 Å². The van der Waals surface area contributed by atoms with Crippen molar-refractivity contribution >= 4 is 17.3 Å². The van der Waals surface area contributed by atoms with E-state index in [0.29, 0.717) is 12.0 Å². The van der Waals surface area contributed by atoms with Gasteiger partial charge in [0.1, 0.15) is 5.56 Å². The van der Waals surface area contributed by atoms with E-state index in [9.17, 15) is 14.9 Å². The zero-order valence-corrected chi connectivity index (χ0v) is 11.7. The van der Waals surface area contributed by atoms with E-state index in [1.54, 1.807) is 6.07 Å². The van der Waals surface area contributed by atoms with E-state index in [1.807, 2.05) is 0 Å². The van der Waals surface area contributed by atoms with Crippen molar-refractivity contribution in [1.82, 2.24) is 0 Å². The van der Waals surface area contributed by atoms with Crippen molar-refractivity contribution in [1.29, 1.82) is 0 Å². The van der Waals surface area contributed by atoms with Gasteiger partial charge in [0.15, 0.2) is 0 Å². The highest BCUT2D eigenvalue weighted by atomic mass is 16.6. The summed E-state index contributed by atoms with van der Waals surface area (Å²) in [5, 5.41) is 20.2. The van der Waals surface area contributed by atoms with Gasteiger partial charge in [-0.25, -0.2) is 4.79 Å². The molecule has 1 aromatic rings. The molecule has 1 saturated carbocycles. The van der Waals surface area contributed by atoms with Gasteiger partial charge in [0, 0.05) is 24.3 Å². The Morgan fingerprint density at radius 3 is 2.76 bits per heavy atom. The molecule has 1 aliphatic heterocycles. The molecule has 1 aromatic carbocycles. The molecule has 2 fully saturated rings. The second-order valence-electron chi connectivity index (χ2n) is 5.86. The summed E-state index contributed by atoms with van der Waals surface area (Å²) in [7, 11) is 0. The molecule has 0 amide bonds. The third kappa shape index (κ3) is 2.46. The number of carbonyl (C=O) groups is 1. The molecular formula is C15H18N2O4. The Hall–Kier alpha value is -2.11. The zero-order chi connectivity index (χ0) is 15.0. The van der Waals surface area contributed by atoms with E-state index in [-0.39, 0.29) is 11.3 Å². The highest BCUT2D eigenvalue weighted by molar-refractivity contribution is 5.93. The van der Waals surface area contributed by atoms with Crippen molar-refractivity contribution in [2.75, 3.05) is 11.4 Å². The van der Waals surface area contributed by atoms with Crippen LogP contribution in [-0.4, -0.2) is 28.6 Å². The highest BCUT2D eigenvalue weighted by Crippen LogP contribution is 2.40. The molecule has 2 aliphatic rings. The van der Waals surface area contributed by atoms with Gasteiger partial charge in [-0.15, -0.1) is 0 Å². The standard InChI is InChI=1S/C15H18N2O4/c18-15(19)12-7-6-11(9-14(12)17(20)21)16-8-2-4-10-3-1-5-13(10)16/h6-7,9-10,13H,1-5,8H2,(H,18,19). The maximum Gasteiger partial charge on any atom is 0.342 e. The number of nitro benzene ring substituents is 1. The van der Waals surface area contributed by atoms with Gasteiger partial charge >= 0.3 is 5.97 Å². The molecule has 0 spiro atoms. The average Bonchev–Trinajstić information content (AvgIpc) is 2.94. The molecule has 0 bridgehead atoms. The Morgan fingerprint density at radius 2 is 2.05 bits per heavy atom. The largest absolute Gasteiger partial charge is 0.477 e. The minimum Gasteiger partial charge on any atom is -0.477 e. The summed E-state index contributed by atoms with van der Waals surface area (Å²) in [6.45, 7) is 0.894. The smallest absolute Gasteiger partial charge is 0.342 e. The lowest BCUT2D eigenvalue weighted by molar-refractivity contribution is -0.385. The highest BCUT2D eigenvalue weighted by Gasteiger charge is 2.35. The quantitative estimate of drug-likeness (QED) is 0.683. The second kappa shape index (κ2) is 5.35. The van der Waals surface area contributed by atoms with Gasteiger partial charge in [-0.3, -0.25) is 10.1 Å². The van der Waals surface area contributed by atoms with Crippen LogP contribution in [0.3, 0.4) is 0 Å². The number of carboxylic acids is 1. The summed E-state index contributed by atoms with van der Waals surface area (Å²) in [5.41, 5.74) is 0.215. The fraction of sp³-hybridized carbons (Fsp3) is 0.533. The first-order valence-electron chi connectivity index (χ1n) is 7.36. The number of nitro groups is 1. The molecule has 0 radical (unpaired) electrons. The third-order valence-corrected chi connectivity index (χ3v) is 4.73. The van der Waals surface area contributed by atoms with Crippen LogP contribution in [0.1, 0.15) is 42.5 Å². The predicted octanol–water partition coefficient (Wildman–Crippen LogP) is 3.06. The first-order valence-corrected chi connectivity index (χ1v) is 7.36. The number of rotatable bonds is 3. The lowest BCUT2D eigenvalue weighted by Crippen LogP contribution is -2.42. The summed E-state index contributed by atoms with van der Waals surface area (Å²) < 4.78 is 0. The number of carboxylic acid groups (broad SMARTS) is 1. The topological polar surface area (TPSA) is 83.7 Å². The van der Waals surface area contributed by atoms with Gasteiger partial charge in [0.2, 0.25) is 0 Å². The summed E-state index contributed by atoms with van der Waals surface area (Å²) >= 11 is 0. The summed E-state index contributed by atoms with van der Waals surface area (Å²) in [4.78, 5) is 23.8. The van der Waals surface area contributed by atoms with Crippen LogP contribution in [0.25, 0.3) is 0 Å². The van der Waals surface area contributed by atoms with Crippen LogP contribution in [0.4, 0.5) is 11.4 Å². The SMILES string of the molecule is O=C(O)c1ccc(N2CCCC3CCCC32)cc1[N+](=O)[O-]. The van der Waals surface area contributed by atoms with E-state index < -0.39 is 10.9 Å². The van der Waals surface area contributed by atoms with E-state index >= 15 is 0 Å². The Labute approximate surface area is 122 Å². The Morgan fingerprint density at radius 1 is 1.29 bits per heavy atom. The van der Waals surface area contributed by atoms with Crippen LogP contribution >= 0.6 is 0 Å². The number of nitrogens with zero attached hydrogens (tertiary/aromatic N) is 2. The van der Waals surface area contributed by atoms with Gasteiger partial charge in [0.25, 0.3) is 5.69 Å². The summed E-state index contributed by atoms with van der Waals surface area (Å²) in [5.74, 6) is -0.581. The molecule has 112 valence electrons. The van der Waals surface area contributed by atoms with E-state index in [4.69, 9.17) is 5.11 Å². The number of anilines is 1. The summed E-state index contributed by atoms with van der Waals surface area (Å²) in [6.07, 6.45) is 5.89. The molecule has 1 aliphatic carbocycles. The number of piperidine rings is 1.